The van der Waals surface area contributed by atoms with E-state index in [1.165, 1.54) is 11.1 Å². The summed E-state index contributed by atoms with van der Waals surface area (Å²) in [4.78, 5) is 15.6. The van der Waals surface area contributed by atoms with E-state index in [-0.39, 0.29) is 0 Å². The van der Waals surface area contributed by atoms with Crippen LogP contribution in [0, 0.1) is 0 Å². The van der Waals surface area contributed by atoms with E-state index in [0.29, 0.717) is 17.5 Å². The van der Waals surface area contributed by atoms with Crippen LogP contribution in [0.2, 0.25) is 0 Å². The maximum absolute atomic E-state index is 6.68. The summed E-state index contributed by atoms with van der Waals surface area (Å²) in [5.41, 5.74) is 11.4. The van der Waals surface area contributed by atoms with Crippen molar-refractivity contribution in [2.75, 3.05) is 0 Å². The third-order valence-electron chi connectivity index (χ3n) is 10.9. The van der Waals surface area contributed by atoms with E-state index in [2.05, 4.69) is 194 Å². The molecule has 0 atom stereocenters. The van der Waals surface area contributed by atoms with Gasteiger partial charge in [0.15, 0.2) is 17.5 Å². The van der Waals surface area contributed by atoms with Crippen LogP contribution in [0.4, 0.5) is 0 Å². The maximum atomic E-state index is 6.68. The van der Waals surface area contributed by atoms with Gasteiger partial charge in [0.1, 0.15) is 11.2 Å². The zero-order valence-electron chi connectivity index (χ0n) is 30.8. The topological polar surface area (TPSA) is 51.8 Å². The smallest absolute Gasteiger partial charge is 0.164 e. The quantitative estimate of drug-likeness (QED) is 0.171. The molecule has 0 fully saturated rings. The van der Waals surface area contributed by atoms with Crippen LogP contribution < -0.4 is 0 Å². The lowest BCUT2D eigenvalue weighted by Gasteiger charge is -2.12. The molecule has 0 N–H and O–H groups in total. The van der Waals surface area contributed by atoms with Crippen molar-refractivity contribution >= 4 is 43.5 Å². The van der Waals surface area contributed by atoms with E-state index in [0.717, 1.165) is 82.4 Å². The molecule has 57 heavy (non-hydrogen) atoms. The summed E-state index contributed by atoms with van der Waals surface area (Å²) in [6.07, 6.45) is 0. The Morgan fingerprint density at radius 3 is 1.56 bits per heavy atom. The fraction of sp³-hybridized carbons (Fsp3) is 0. The summed E-state index contributed by atoms with van der Waals surface area (Å²) in [5.74, 6) is 1.82. The maximum Gasteiger partial charge on any atom is 0.164 e. The van der Waals surface area contributed by atoms with Gasteiger partial charge in [0, 0.05) is 27.5 Å². The van der Waals surface area contributed by atoms with Gasteiger partial charge in [0.05, 0.1) is 0 Å². The van der Waals surface area contributed by atoms with Crippen LogP contribution in [0.5, 0.6) is 0 Å². The van der Waals surface area contributed by atoms with Crippen molar-refractivity contribution in [2.24, 2.45) is 0 Å². The molecule has 11 rings (SSSR count). The van der Waals surface area contributed by atoms with Gasteiger partial charge in [-0.05, 0) is 79.2 Å². The van der Waals surface area contributed by atoms with Crippen molar-refractivity contribution < 1.29 is 4.42 Å². The number of aromatic nitrogens is 3. The second-order valence-corrected chi connectivity index (χ2v) is 14.4. The molecule has 0 saturated heterocycles. The molecule has 0 saturated carbocycles. The Balaban J connectivity index is 1.10. The first-order chi connectivity index (χ1) is 28.2. The molecule has 0 aliphatic heterocycles. The van der Waals surface area contributed by atoms with E-state index in [1.807, 2.05) is 6.07 Å². The summed E-state index contributed by atoms with van der Waals surface area (Å²) < 4.78 is 6.68. The Bertz CT molecular complexity index is 3270. The van der Waals surface area contributed by atoms with Crippen LogP contribution in [0.25, 0.3) is 111 Å². The summed E-state index contributed by atoms with van der Waals surface area (Å²) in [7, 11) is 0. The fourth-order valence-electron chi connectivity index (χ4n) is 8.12. The molecule has 2 aromatic heterocycles. The molecule has 4 nitrogen and oxygen atoms in total. The van der Waals surface area contributed by atoms with Gasteiger partial charge in [-0.1, -0.05) is 176 Å². The van der Waals surface area contributed by atoms with Gasteiger partial charge in [-0.3, -0.25) is 0 Å². The van der Waals surface area contributed by atoms with Gasteiger partial charge < -0.3 is 4.42 Å². The monoisotopic (exact) mass is 727 g/mol. The molecule has 0 bridgehead atoms. The number of rotatable bonds is 6. The van der Waals surface area contributed by atoms with E-state index >= 15 is 0 Å². The second-order valence-electron chi connectivity index (χ2n) is 14.4. The van der Waals surface area contributed by atoms with Gasteiger partial charge in [-0.25, -0.2) is 15.0 Å². The zero-order chi connectivity index (χ0) is 37.7. The molecule has 0 aliphatic carbocycles. The lowest BCUT2D eigenvalue weighted by atomic mass is 9.96. The number of hydrogen-bond acceptors (Lipinski definition) is 4. The Hall–Kier alpha value is -7.69. The largest absolute Gasteiger partial charge is 0.456 e. The Kier molecular flexibility index (Phi) is 7.78. The molecule has 0 radical (unpaired) electrons. The molecule has 11 aromatic rings. The third kappa shape index (κ3) is 5.83. The minimum Gasteiger partial charge on any atom is -0.456 e. The van der Waals surface area contributed by atoms with Crippen molar-refractivity contribution in [2.45, 2.75) is 0 Å². The molecule has 4 heteroatoms. The van der Waals surface area contributed by atoms with E-state index in [4.69, 9.17) is 19.4 Å². The Labute approximate surface area is 329 Å². The zero-order valence-corrected chi connectivity index (χ0v) is 30.8. The summed E-state index contributed by atoms with van der Waals surface area (Å²) in [5, 5.41) is 6.49. The minimum atomic E-state index is 0.590. The molecule has 2 heterocycles. The van der Waals surface area contributed by atoms with Crippen molar-refractivity contribution in [3.8, 4) is 67.5 Å². The Morgan fingerprint density at radius 1 is 0.281 bits per heavy atom. The van der Waals surface area contributed by atoms with Crippen molar-refractivity contribution in [3.63, 3.8) is 0 Å². The average molecular weight is 728 g/mol. The molecular formula is C53H33N3O. The number of fused-ring (bicyclic) bond motifs is 6. The number of nitrogens with zero attached hydrogens (tertiary/aromatic N) is 3. The molecule has 0 spiro atoms. The molecular weight excluding hydrogens is 695 g/mol. The van der Waals surface area contributed by atoms with Crippen molar-refractivity contribution in [1.82, 2.24) is 15.0 Å². The summed E-state index contributed by atoms with van der Waals surface area (Å²) in [6, 6.07) is 69.9. The van der Waals surface area contributed by atoms with Crippen LogP contribution in [-0.2, 0) is 0 Å². The first kappa shape index (κ1) is 32.7. The van der Waals surface area contributed by atoms with Crippen LogP contribution in [0.15, 0.2) is 205 Å². The first-order valence-corrected chi connectivity index (χ1v) is 19.2. The second kappa shape index (κ2) is 13.6. The van der Waals surface area contributed by atoms with Gasteiger partial charge >= 0.3 is 0 Å². The van der Waals surface area contributed by atoms with E-state index in [1.54, 1.807) is 0 Å². The number of furan rings is 1. The summed E-state index contributed by atoms with van der Waals surface area (Å²) in [6.45, 7) is 0. The van der Waals surface area contributed by atoms with Gasteiger partial charge in [0.25, 0.3) is 0 Å². The molecule has 266 valence electrons. The lowest BCUT2D eigenvalue weighted by molar-refractivity contribution is 0.669. The van der Waals surface area contributed by atoms with Crippen LogP contribution >= 0.6 is 0 Å². The fourth-order valence-corrected chi connectivity index (χ4v) is 8.12. The highest BCUT2D eigenvalue weighted by Crippen LogP contribution is 2.42. The molecule has 0 unspecified atom stereocenters. The average Bonchev–Trinajstić information content (AvgIpc) is 3.67. The summed E-state index contributed by atoms with van der Waals surface area (Å²) >= 11 is 0. The predicted molar refractivity (Wildman–Crippen MR) is 235 cm³/mol. The molecule has 0 aliphatic rings. The van der Waals surface area contributed by atoms with Crippen molar-refractivity contribution in [1.29, 1.82) is 0 Å². The predicted octanol–water partition coefficient (Wildman–Crippen LogP) is 14.1. The highest BCUT2D eigenvalue weighted by Gasteiger charge is 2.20. The minimum absolute atomic E-state index is 0.590. The van der Waals surface area contributed by atoms with Crippen molar-refractivity contribution in [3.05, 3.63) is 200 Å². The molecule has 9 aromatic carbocycles. The van der Waals surface area contributed by atoms with Crippen LogP contribution in [0.1, 0.15) is 0 Å². The number of hydrogen-bond donors (Lipinski definition) is 0. The Morgan fingerprint density at radius 2 is 0.789 bits per heavy atom. The standard InChI is InChI=1S/C53H33N3O/c1-3-13-34(14-4-1)36-25-27-38(28-26-36)51-54-52(45-24-12-18-37-17-7-8-21-42(37)45)56-53(55-51)46-33-49-50(44-23-10-9-22-43(44)46)47-32-41(29-30-48(47)57-49)40-20-11-19-39(31-40)35-15-5-2-6-16-35/h1-33H. The van der Waals surface area contributed by atoms with Gasteiger partial charge in [-0.15, -0.1) is 0 Å². The SMILES string of the molecule is c1ccc(-c2ccc(-c3nc(-c4cccc5ccccc45)nc(-c4cc5oc6ccc(-c7cccc(-c8ccccc8)c7)cc6c5c5ccccc45)n3)cc2)cc1. The van der Waals surface area contributed by atoms with Gasteiger partial charge in [0.2, 0.25) is 0 Å². The molecule has 0 amide bonds. The van der Waals surface area contributed by atoms with Gasteiger partial charge in [-0.2, -0.15) is 0 Å². The number of benzene rings is 9. The highest BCUT2D eigenvalue weighted by molar-refractivity contribution is 6.22. The van der Waals surface area contributed by atoms with E-state index < -0.39 is 0 Å². The first-order valence-electron chi connectivity index (χ1n) is 19.2. The van der Waals surface area contributed by atoms with Crippen LogP contribution in [-0.4, -0.2) is 15.0 Å². The highest BCUT2D eigenvalue weighted by atomic mass is 16.3. The normalized spacial score (nSPS) is 11.5. The lowest BCUT2D eigenvalue weighted by Crippen LogP contribution is -2.01. The third-order valence-corrected chi connectivity index (χ3v) is 10.9. The van der Waals surface area contributed by atoms with Crippen LogP contribution in [0.3, 0.4) is 0 Å². The van der Waals surface area contributed by atoms with E-state index in [9.17, 15) is 0 Å².